The third-order valence-corrected chi connectivity index (χ3v) is 3.15. The lowest BCUT2D eigenvalue weighted by Gasteiger charge is -2.18. The van der Waals surface area contributed by atoms with Gasteiger partial charge >= 0.3 is 0 Å². The number of hydrogen-bond acceptors (Lipinski definition) is 2. The lowest BCUT2D eigenvalue weighted by molar-refractivity contribution is 0.0785. The Kier molecular flexibility index (Phi) is 4.17. The van der Waals surface area contributed by atoms with Gasteiger partial charge in [-0.1, -0.05) is 41.4 Å². The van der Waals surface area contributed by atoms with Gasteiger partial charge in [-0.2, -0.15) is 0 Å². The van der Waals surface area contributed by atoms with Crippen molar-refractivity contribution >= 4 is 17.5 Å². The lowest BCUT2D eigenvalue weighted by atomic mass is 10.1. The van der Waals surface area contributed by atoms with Crippen molar-refractivity contribution in [1.29, 1.82) is 0 Å². The van der Waals surface area contributed by atoms with Crippen LogP contribution in [0, 0.1) is 6.92 Å². The molecule has 1 aromatic carbocycles. The molecule has 0 unspecified atom stereocenters. The summed E-state index contributed by atoms with van der Waals surface area (Å²) in [6, 6.07) is 9.73. The van der Waals surface area contributed by atoms with Crippen molar-refractivity contribution < 1.29 is 4.79 Å². The minimum Gasteiger partial charge on any atom is -0.337 e. The van der Waals surface area contributed by atoms with Crippen molar-refractivity contribution in [3.63, 3.8) is 0 Å². The summed E-state index contributed by atoms with van der Waals surface area (Å²) in [5.41, 5.74) is 2.76. The number of hydrogen-bond donors (Lipinski definition) is 0. The molecule has 0 bridgehead atoms. The van der Waals surface area contributed by atoms with Gasteiger partial charge in [-0.25, -0.2) is 0 Å². The molecule has 3 nitrogen and oxygen atoms in total. The van der Waals surface area contributed by atoms with E-state index < -0.39 is 0 Å². The number of carbonyl (C=O) groups is 1. The van der Waals surface area contributed by atoms with Crippen molar-refractivity contribution in [3.8, 4) is 0 Å². The fraction of sp³-hybridized carbons (Fsp3) is 0.200. The Morgan fingerprint density at radius 1 is 1.37 bits per heavy atom. The molecule has 0 spiro atoms. The number of pyridine rings is 1. The van der Waals surface area contributed by atoms with Crippen LogP contribution >= 0.6 is 11.6 Å². The fourth-order valence-corrected chi connectivity index (χ4v) is 2.11. The van der Waals surface area contributed by atoms with Crippen LogP contribution in [-0.2, 0) is 6.54 Å². The van der Waals surface area contributed by atoms with E-state index in [1.54, 1.807) is 24.2 Å². The maximum atomic E-state index is 12.3. The molecular formula is C15H15ClN2O. The van der Waals surface area contributed by atoms with Gasteiger partial charge in [0.15, 0.2) is 0 Å². The van der Waals surface area contributed by atoms with Crippen molar-refractivity contribution in [2.75, 3.05) is 7.05 Å². The fourth-order valence-electron chi connectivity index (χ4n) is 1.91. The topological polar surface area (TPSA) is 33.2 Å². The van der Waals surface area contributed by atoms with Gasteiger partial charge < -0.3 is 4.90 Å². The molecule has 1 aromatic heterocycles. The van der Waals surface area contributed by atoms with Gasteiger partial charge in [0.25, 0.3) is 5.91 Å². The molecule has 0 saturated heterocycles. The van der Waals surface area contributed by atoms with E-state index in [1.807, 2.05) is 25.1 Å². The summed E-state index contributed by atoms with van der Waals surface area (Å²) < 4.78 is 0. The van der Waals surface area contributed by atoms with Crippen LogP contribution in [0.2, 0.25) is 5.02 Å². The summed E-state index contributed by atoms with van der Waals surface area (Å²) in [6.45, 7) is 2.59. The van der Waals surface area contributed by atoms with Gasteiger partial charge in [0.05, 0.1) is 10.6 Å². The first-order chi connectivity index (χ1) is 9.08. The third kappa shape index (κ3) is 3.32. The van der Waals surface area contributed by atoms with Gasteiger partial charge in [-0.05, 0) is 18.6 Å². The molecule has 0 saturated carbocycles. The standard InChI is InChI=1S/C15H15ClN2O/c1-11-4-3-5-12(8-11)10-18(2)15(19)13-6-7-17-9-14(13)16/h3-9H,10H2,1-2H3. The molecule has 2 aromatic rings. The number of halogens is 1. The highest BCUT2D eigenvalue weighted by Crippen LogP contribution is 2.16. The third-order valence-electron chi connectivity index (χ3n) is 2.85. The normalized spacial score (nSPS) is 10.3. The molecule has 0 N–H and O–H groups in total. The van der Waals surface area contributed by atoms with Crippen LogP contribution < -0.4 is 0 Å². The average molecular weight is 275 g/mol. The highest BCUT2D eigenvalue weighted by molar-refractivity contribution is 6.33. The predicted octanol–water partition coefficient (Wildman–Crippen LogP) is 3.32. The Labute approximate surface area is 117 Å². The molecule has 1 amide bonds. The molecule has 98 valence electrons. The zero-order valence-electron chi connectivity index (χ0n) is 10.9. The first-order valence-electron chi connectivity index (χ1n) is 5.98. The number of benzene rings is 1. The lowest BCUT2D eigenvalue weighted by Crippen LogP contribution is -2.26. The van der Waals surface area contributed by atoms with E-state index in [0.29, 0.717) is 17.1 Å². The zero-order chi connectivity index (χ0) is 13.8. The van der Waals surface area contributed by atoms with Crippen molar-refractivity contribution in [2.24, 2.45) is 0 Å². The highest BCUT2D eigenvalue weighted by Gasteiger charge is 2.15. The van der Waals surface area contributed by atoms with Gasteiger partial charge in [-0.3, -0.25) is 9.78 Å². The van der Waals surface area contributed by atoms with E-state index in [-0.39, 0.29) is 5.91 Å². The second-order valence-corrected chi connectivity index (χ2v) is 4.91. The second-order valence-electron chi connectivity index (χ2n) is 4.51. The summed E-state index contributed by atoms with van der Waals surface area (Å²) in [7, 11) is 1.77. The Bertz CT molecular complexity index is 598. The van der Waals surface area contributed by atoms with Crippen LogP contribution in [0.25, 0.3) is 0 Å². The first kappa shape index (κ1) is 13.6. The molecule has 0 atom stereocenters. The van der Waals surface area contributed by atoms with Crippen LogP contribution in [0.5, 0.6) is 0 Å². The van der Waals surface area contributed by atoms with E-state index in [9.17, 15) is 4.79 Å². The molecule has 4 heteroatoms. The summed E-state index contributed by atoms with van der Waals surface area (Å²) >= 11 is 5.98. The van der Waals surface area contributed by atoms with E-state index >= 15 is 0 Å². The van der Waals surface area contributed by atoms with Crippen molar-refractivity contribution in [3.05, 3.63) is 64.4 Å². The van der Waals surface area contributed by atoms with E-state index in [2.05, 4.69) is 11.1 Å². The Balaban J connectivity index is 2.14. The van der Waals surface area contributed by atoms with Crippen LogP contribution in [0.4, 0.5) is 0 Å². The van der Waals surface area contributed by atoms with Crippen molar-refractivity contribution in [2.45, 2.75) is 13.5 Å². The van der Waals surface area contributed by atoms with Crippen LogP contribution in [-0.4, -0.2) is 22.8 Å². The van der Waals surface area contributed by atoms with Gasteiger partial charge in [0.2, 0.25) is 0 Å². The Morgan fingerprint density at radius 3 is 2.84 bits per heavy atom. The number of amides is 1. The van der Waals surface area contributed by atoms with Gasteiger partial charge in [-0.15, -0.1) is 0 Å². The van der Waals surface area contributed by atoms with Crippen molar-refractivity contribution in [1.82, 2.24) is 9.88 Å². The maximum Gasteiger partial charge on any atom is 0.255 e. The number of rotatable bonds is 3. The Morgan fingerprint density at radius 2 is 2.16 bits per heavy atom. The summed E-state index contributed by atoms with van der Waals surface area (Å²) in [4.78, 5) is 17.8. The maximum absolute atomic E-state index is 12.3. The minimum atomic E-state index is -0.103. The Hall–Kier alpha value is -1.87. The average Bonchev–Trinajstić information content (AvgIpc) is 2.38. The molecule has 2 rings (SSSR count). The number of aromatic nitrogens is 1. The van der Waals surface area contributed by atoms with Crippen LogP contribution in [0.15, 0.2) is 42.7 Å². The molecule has 1 heterocycles. The molecule has 0 aliphatic heterocycles. The van der Waals surface area contributed by atoms with Gasteiger partial charge in [0, 0.05) is 26.0 Å². The molecule has 0 aliphatic rings. The smallest absolute Gasteiger partial charge is 0.255 e. The minimum absolute atomic E-state index is 0.103. The monoisotopic (exact) mass is 274 g/mol. The predicted molar refractivity (Wildman–Crippen MR) is 76.2 cm³/mol. The summed E-state index contributed by atoms with van der Waals surface area (Å²) in [5, 5.41) is 0.378. The van der Waals surface area contributed by atoms with Gasteiger partial charge in [0.1, 0.15) is 0 Å². The molecule has 0 fully saturated rings. The molecule has 0 radical (unpaired) electrons. The number of carbonyl (C=O) groups excluding carboxylic acids is 1. The largest absolute Gasteiger partial charge is 0.337 e. The summed E-state index contributed by atoms with van der Waals surface area (Å²) in [6.07, 6.45) is 3.05. The highest BCUT2D eigenvalue weighted by atomic mass is 35.5. The molecule has 0 aliphatic carbocycles. The zero-order valence-corrected chi connectivity index (χ0v) is 11.7. The summed E-state index contributed by atoms with van der Waals surface area (Å²) in [5.74, 6) is -0.103. The quantitative estimate of drug-likeness (QED) is 0.860. The second kappa shape index (κ2) is 5.85. The first-order valence-corrected chi connectivity index (χ1v) is 6.36. The molecular weight excluding hydrogens is 260 g/mol. The van der Waals surface area contributed by atoms with Crippen LogP contribution in [0.1, 0.15) is 21.5 Å². The number of aryl methyl sites for hydroxylation is 1. The number of nitrogens with zero attached hydrogens (tertiary/aromatic N) is 2. The van der Waals surface area contributed by atoms with Crippen LogP contribution in [0.3, 0.4) is 0 Å². The van der Waals surface area contributed by atoms with E-state index in [4.69, 9.17) is 11.6 Å². The SMILES string of the molecule is Cc1cccc(CN(C)C(=O)c2ccncc2Cl)c1. The molecule has 19 heavy (non-hydrogen) atoms. The van der Waals surface area contributed by atoms with E-state index in [0.717, 1.165) is 5.56 Å². The van der Waals surface area contributed by atoms with E-state index in [1.165, 1.54) is 11.8 Å².